The zero-order valence-corrected chi connectivity index (χ0v) is 12.1. The SMILES string of the molecule is CCC(C)NC(=O)C(C)Oc1ccccc1CC(=O)O. The lowest BCUT2D eigenvalue weighted by Gasteiger charge is -2.19. The van der Waals surface area contributed by atoms with Gasteiger partial charge in [-0.15, -0.1) is 0 Å². The molecule has 0 saturated heterocycles. The molecule has 20 heavy (non-hydrogen) atoms. The van der Waals surface area contributed by atoms with Gasteiger partial charge in [-0.2, -0.15) is 0 Å². The molecular formula is C15H21NO4. The van der Waals surface area contributed by atoms with Gasteiger partial charge in [0.15, 0.2) is 6.10 Å². The summed E-state index contributed by atoms with van der Waals surface area (Å²) < 4.78 is 5.58. The normalized spacial score (nSPS) is 13.3. The molecule has 1 aromatic carbocycles. The topological polar surface area (TPSA) is 75.6 Å². The molecular weight excluding hydrogens is 258 g/mol. The van der Waals surface area contributed by atoms with Gasteiger partial charge in [-0.3, -0.25) is 9.59 Å². The molecule has 0 bridgehead atoms. The molecule has 2 atom stereocenters. The summed E-state index contributed by atoms with van der Waals surface area (Å²) in [7, 11) is 0. The smallest absolute Gasteiger partial charge is 0.307 e. The largest absolute Gasteiger partial charge is 0.481 e. The summed E-state index contributed by atoms with van der Waals surface area (Å²) in [5.74, 6) is -0.705. The van der Waals surface area contributed by atoms with Crippen LogP contribution in [-0.2, 0) is 16.0 Å². The second-order valence-electron chi connectivity index (χ2n) is 4.76. The van der Waals surface area contributed by atoms with Crippen LogP contribution in [0.15, 0.2) is 24.3 Å². The van der Waals surface area contributed by atoms with Crippen LogP contribution in [0.2, 0.25) is 0 Å². The highest BCUT2D eigenvalue weighted by atomic mass is 16.5. The number of para-hydroxylation sites is 1. The van der Waals surface area contributed by atoms with Crippen molar-refractivity contribution in [3.05, 3.63) is 29.8 Å². The number of carboxylic acid groups (broad SMARTS) is 1. The third kappa shape index (κ3) is 4.91. The number of hydrogen-bond donors (Lipinski definition) is 2. The van der Waals surface area contributed by atoms with E-state index in [1.807, 2.05) is 13.8 Å². The lowest BCUT2D eigenvalue weighted by molar-refractivity contribution is -0.136. The van der Waals surface area contributed by atoms with Crippen molar-refractivity contribution in [2.75, 3.05) is 0 Å². The number of aliphatic carboxylic acids is 1. The number of benzene rings is 1. The Morgan fingerprint density at radius 3 is 2.55 bits per heavy atom. The summed E-state index contributed by atoms with van der Waals surface area (Å²) in [6.45, 7) is 5.55. The number of ether oxygens (including phenoxy) is 1. The number of rotatable bonds is 7. The Morgan fingerprint density at radius 2 is 1.95 bits per heavy atom. The van der Waals surface area contributed by atoms with Crippen LogP contribution >= 0.6 is 0 Å². The van der Waals surface area contributed by atoms with Crippen molar-refractivity contribution in [2.24, 2.45) is 0 Å². The minimum absolute atomic E-state index is 0.0859. The standard InChI is InChI=1S/C15H21NO4/c1-4-10(2)16-15(19)11(3)20-13-8-6-5-7-12(13)9-14(17)18/h5-8,10-11H,4,9H2,1-3H3,(H,16,19)(H,17,18). The van der Waals surface area contributed by atoms with Crippen LogP contribution in [0.4, 0.5) is 0 Å². The molecule has 1 amide bonds. The van der Waals surface area contributed by atoms with Crippen molar-refractivity contribution in [3.63, 3.8) is 0 Å². The Hall–Kier alpha value is -2.04. The summed E-state index contributed by atoms with van der Waals surface area (Å²) in [5.41, 5.74) is 0.559. The van der Waals surface area contributed by atoms with E-state index in [9.17, 15) is 9.59 Å². The summed E-state index contributed by atoms with van der Waals surface area (Å²) in [6.07, 6.45) is 0.0446. The van der Waals surface area contributed by atoms with Crippen LogP contribution in [-0.4, -0.2) is 29.1 Å². The molecule has 5 nitrogen and oxygen atoms in total. The Morgan fingerprint density at radius 1 is 1.30 bits per heavy atom. The number of carboxylic acids is 1. The average molecular weight is 279 g/mol. The predicted molar refractivity (Wildman–Crippen MR) is 75.8 cm³/mol. The Bertz CT molecular complexity index is 473. The molecule has 0 aliphatic carbocycles. The molecule has 0 heterocycles. The Balaban J connectivity index is 2.72. The van der Waals surface area contributed by atoms with Gasteiger partial charge in [0.05, 0.1) is 6.42 Å². The molecule has 0 spiro atoms. The first-order valence-corrected chi connectivity index (χ1v) is 6.70. The van der Waals surface area contributed by atoms with E-state index in [2.05, 4.69) is 5.32 Å². The summed E-state index contributed by atoms with van der Waals surface area (Å²) in [5, 5.41) is 11.7. The van der Waals surface area contributed by atoms with Crippen molar-refractivity contribution >= 4 is 11.9 Å². The fraction of sp³-hybridized carbons (Fsp3) is 0.467. The van der Waals surface area contributed by atoms with Gasteiger partial charge in [-0.05, 0) is 26.3 Å². The van der Waals surface area contributed by atoms with Gasteiger partial charge in [-0.1, -0.05) is 25.1 Å². The molecule has 0 fully saturated rings. The maximum Gasteiger partial charge on any atom is 0.307 e. The van der Waals surface area contributed by atoms with Crippen molar-refractivity contribution in [2.45, 2.75) is 45.8 Å². The number of hydrogen-bond acceptors (Lipinski definition) is 3. The van der Waals surface area contributed by atoms with E-state index >= 15 is 0 Å². The maximum absolute atomic E-state index is 11.9. The fourth-order valence-electron chi connectivity index (χ4n) is 1.63. The Kier molecular flexibility index (Phi) is 6.03. The van der Waals surface area contributed by atoms with E-state index in [0.29, 0.717) is 11.3 Å². The molecule has 2 unspecified atom stereocenters. The Labute approximate surface area is 118 Å². The van der Waals surface area contributed by atoms with Gasteiger partial charge in [-0.25, -0.2) is 0 Å². The average Bonchev–Trinajstić information content (AvgIpc) is 2.40. The molecule has 1 aromatic rings. The molecule has 0 radical (unpaired) electrons. The first kappa shape index (κ1) is 16.0. The quantitative estimate of drug-likeness (QED) is 0.800. The van der Waals surface area contributed by atoms with Gasteiger partial charge in [0.25, 0.3) is 5.91 Å². The van der Waals surface area contributed by atoms with Crippen molar-refractivity contribution < 1.29 is 19.4 Å². The van der Waals surface area contributed by atoms with Crippen molar-refractivity contribution in [3.8, 4) is 5.75 Å². The van der Waals surface area contributed by atoms with E-state index in [4.69, 9.17) is 9.84 Å². The van der Waals surface area contributed by atoms with Crippen molar-refractivity contribution in [1.82, 2.24) is 5.32 Å². The zero-order chi connectivity index (χ0) is 15.1. The predicted octanol–water partition coefficient (Wildman–Crippen LogP) is 2.00. The molecule has 0 aliphatic heterocycles. The second kappa shape index (κ2) is 7.53. The zero-order valence-electron chi connectivity index (χ0n) is 12.1. The van der Waals surface area contributed by atoms with E-state index in [1.165, 1.54) is 0 Å². The van der Waals surface area contributed by atoms with E-state index in [1.54, 1.807) is 31.2 Å². The van der Waals surface area contributed by atoms with E-state index < -0.39 is 12.1 Å². The highest BCUT2D eigenvalue weighted by molar-refractivity contribution is 5.81. The van der Waals surface area contributed by atoms with Gasteiger partial charge in [0.2, 0.25) is 0 Å². The van der Waals surface area contributed by atoms with Crippen LogP contribution in [0.5, 0.6) is 5.75 Å². The molecule has 0 saturated carbocycles. The van der Waals surface area contributed by atoms with Gasteiger partial charge in [0, 0.05) is 11.6 Å². The first-order chi connectivity index (χ1) is 9.43. The van der Waals surface area contributed by atoms with Crippen LogP contribution in [0.3, 0.4) is 0 Å². The monoisotopic (exact) mass is 279 g/mol. The summed E-state index contributed by atoms with van der Waals surface area (Å²) in [6, 6.07) is 6.94. The van der Waals surface area contributed by atoms with Crippen LogP contribution in [0.25, 0.3) is 0 Å². The van der Waals surface area contributed by atoms with Crippen molar-refractivity contribution in [1.29, 1.82) is 0 Å². The number of nitrogens with one attached hydrogen (secondary N) is 1. The third-order valence-electron chi connectivity index (χ3n) is 2.99. The molecule has 2 N–H and O–H groups in total. The number of carbonyl (C=O) groups is 2. The third-order valence-corrected chi connectivity index (χ3v) is 2.99. The second-order valence-corrected chi connectivity index (χ2v) is 4.76. The molecule has 1 rings (SSSR count). The highest BCUT2D eigenvalue weighted by Crippen LogP contribution is 2.20. The summed E-state index contributed by atoms with van der Waals surface area (Å²) >= 11 is 0. The van der Waals surface area contributed by atoms with Gasteiger partial charge in [0.1, 0.15) is 5.75 Å². The minimum Gasteiger partial charge on any atom is -0.481 e. The van der Waals surface area contributed by atoms with Gasteiger partial charge < -0.3 is 15.2 Å². The van der Waals surface area contributed by atoms with E-state index in [0.717, 1.165) is 6.42 Å². The molecule has 110 valence electrons. The molecule has 0 aliphatic rings. The summed E-state index contributed by atoms with van der Waals surface area (Å²) in [4.78, 5) is 22.7. The van der Waals surface area contributed by atoms with E-state index in [-0.39, 0.29) is 18.4 Å². The lowest BCUT2D eigenvalue weighted by atomic mass is 10.1. The van der Waals surface area contributed by atoms with Gasteiger partial charge >= 0.3 is 5.97 Å². The van der Waals surface area contributed by atoms with Crippen LogP contribution in [0, 0.1) is 0 Å². The fourth-order valence-corrected chi connectivity index (χ4v) is 1.63. The van der Waals surface area contributed by atoms with Crippen LogP contribution < -0.4 is 10.1 Å². The lowest BCUT2D eigenvalue weighted by Crippen LogP contribution is -2.41. The number of amides is 1. The maximum atomic E-state index is 11.9. The molecule has 5 heteroatoms. The minimum atomic E-state index is -0.933. The number of carbonyl (C=O) groups excluding carboxylic acids is 1. The first-order valence-electron chi connectivity index (χ1n) is 6.70. The molecule has 0 aromatic heterocycles. The van der Waals surface area contributed by atoms with Crippen LogP contribution in [0.1, 0.15) is 32.8 Å². The highest BCUT2D eigenvalue weighted by Gasteiger charge is 2.18.